The number of carbonyl (C=O) groups excluding carboxylic acids is 3. The van der Waals surface area contributed by atoms with Gasteiger partial charge < -0.3 is 18.4 Å². The normalized spacial score (nSPS) is 9.47. The SMILES string of the molecule is B.CC(=O)O[BH-](OC(C)=O)OC(C)=O.C[N+](C)(C)C. The molecule has 0 radical (unpaired) electrons. The molecule has 0 spiro atoms. The number of hydrogen-bond donors (Lipinski definition) is 0. The zero-order chi connectivity index (χ0) is 14.9. The standard InChI is InChI=1S/C6H10BO6.C4H12N.BH3/c1-4(8)11-7(12-5(2)9)13-6(3)10;1-5(2,3)4;/h7H,1-3H3;1-4H3;1H3/q-1;+1;. The third-order valence-electron chi connectivity index (χ3n) is 0.963. The van der Waals surface area contributed by atoms with E-state index in [1.165, 1.54) is 0 Å². The Hall–Kier alpha value is -1.50. The van der Waals surface area contributed by atoms with Crippen molar-refractivity contribution in [2.24, 2.45) is 0 Å². The molecule has 0 aliphatic rings. The van der Waals surface area contributed by atoms with Crippen LogP contribution in [0.4, 0.5) is 0 Å². The molecule has 0 atom stereocenters. The average molecular weight is 277 g/mol. The lowest BCUT2D eigenvalue weighted by Crippen LogP contribution is -2.32. The first-order valence-corrected chi connectivity index (χ1v) is 5.38. The van der Waals surface area contributed by atoms with E-state index in [9.17, 15) is 14.4 Å². The van der Waals surface area contributed by atoms with Gasteiger partial charge in [-0.15, -0.1) is 0 Å². The summed E-state index contributed by atoms with van der Waals surface area (Å²) in [4.78, 5) is 31.3. The summed E-state index contributed by atoms with van der Waals surface area (Å²) in [6, 6.07) is 0. The summed E-state index contributed by atoms with van der Waals surface area (Å²) in [7, 11) is 6.09. The molecular formula is C10H25B2NO6. The second-order valence-corrected chi connectivity index (χ2v) is 4.94. The molecule has 0 amide bonds. The first-order chi connectivity index (χ1) is 7.91. The number of hydrogen-bond acceptors (Lipinski definition) is 6. The van der Waals surface area contributed by atoms with Gasteiger partial charge in [0.1, 0.15) is 0 Å². The highest BCUT2D eigenvalue weighted by Crippen LogP contribution is 1.94. The molecule has 0 saturated heterocycles. The second kappa shape index (κ2) is 10.4. The van der Waals surface area contributed by atoms with E-state index >= 15 is 0 Å². The van der Waals surface area contributed by atoms with Crippen molar-refractivity contribution in [2.75, 3.05) is 28.2 Å². The van der Waals surface area contributed by atoms with Crippen molar-refractivity contribution in [2.45, 2.75) is 20.8 Å². The maximum Gasteiger partial charge on any atom is 0.541 e. The highest BCUT2D eigenvalue weighted by atomic mass is 16.8. The molecule has 0 fully saturated rings. The van der Waals surface area contributed by atoms with Crippen molar-refractivity contribution in [3.63, 3.8) is 0 Å². The number of quaternary nitrogens is 1. The van der Waals surface area contributed by atoms with Gasteiger partial charge in [-0.1, -0.05) is 0 Å². The van der Waals surface area contributed by atoms with Gasteiger partial charge in [0.15, 0.2) is 0 Å². The van der Waals surface area contributed by atoms with Gasteiger partial charge >= 0.3 is 7.32 Å². The van der Waals surface area contributed by atoms with E-state index in [0.717, 1.165) is 25.3 Å². The van der Waals surface area contributed by atoms with Crippen LogP contribution in [-0.4, -0.2) is 66.3 Å². The fraction of sp³-hybridized carbons (Fsp3) is 0.700. The maximum atomic E-state index is 10.4. The van der Waals surface area contributed by atoms with Gasteiger partial charge in [0.05, 0.1) is 36.6 Å². The zero-order valence-electron chi connectivity index (χ0n) is 12.1. The topological polar surface area (TPSA) is 78.9 Å². The van der Waals surface area contributed by atoms with Crippen LogP contribution in [0.3, 0.4) is 0 Å². The molecule has 0 aromatic rings. The monoisotopic (exact) mass is 277 g/mol. The number of carbonyl (C=O) groups is 3. The van der Waals surface area contributed by atoms with Crippen LogP contribution in [0.15, 0.2) is 0 Å². The van der Waals surface area contributed by atoms with Crippen LogP contribution < -0.4 is 0 Å². The minimum absolute atomic E-state index is 0. The van der Waals surface area contributed by atoms with Crippen molar-refractivity contribution in [1.29, 1.82) is 0 Å². The van der Waals surface area contributed by atoms with Gasteiger partial charge in [-0.2, -0.15) is 0 Å². The minimum Gasteiger partial charge on any atom is -0.625 e. The molecule has 9 heteroatoms. The van der Waals surface area contributed by atoms with E-state index in [4.69, 9.17) is 0 Å². The predicted octanol–water partition coefficient (Wildman–Crippen LogP) is -1.47. The first kappa shape index (κ1) is 22.7. The fourth-order valence-electron chi connectivity index (χ4n) is 0.586. The molecule has 0 saturated carbocycles. The molecule has 112 valence electrons. The Morgan fingerprint density at radius 2 is 0.895 bits per heavy atom. The molecule has 0 unspecified atom stereocenters. The molecule has 0 aliphatic carbocycles. The molecule has 7 nitrogen and oxygen atoms in total. The Bertz CT molecular complexity index is 259. The van der Waals surface area contributed by atoms with Gasteiger partial charge in [0.25, 0.3) is 17.9 Å². The molecule has 0 aromatic heterocycles. The van der Waals surface area contributed by atoms with Crippen LogP contribution in [-0.2, 0) is 28.3 Å². The maximum absolute atomic E-state index is 10.4. The summed E-state index contributed by atoms with van der Waals surface area (Å²) in [5.74, 6) is -2.03. The minimum atomic E-state index is -2.41. The molecule has 0 bridgehead atoms. The van der Waals surface area contributed by atoms with Gasteiger partial charge in [0, 0.05) is 20.8 Å². The molecule has 19 heavy (non-hydrogen) atoms. The Morgan fingerprint density at radius 3 is 1.00 bits per heavy atom. The highest BCUT2D eigenvalue weighted by Gasteiger charge is 2.13. The van der Waals surface area contributed by atoms with Crippen molar-refractivity contribution in [3.05, 3.63) is 0 Å². The Balaban J connectivity index is -0.000000366. The van der Waals surface area contributed by atoms with Crippen molar-refractivity contribution in [1.82, 2.24) is 0 Å². The lowest BCUT2D eigenvalue weighted by molar-refractivity contribution is -0.849. The lowest BCUT2D eigenvalue weighted by atomic mass is 10.2. The Kier molecular flexibility index (Phi) is 12.4. The summed E-state index contributed by atoms with van der Waals surface area (Å²) in [5, 5.41) is 0. The van der Waals surface area contributed by atoms with Gasteiger partial charge in [0.2, 0.25) is 0 Å². The predicted molar refractivity (Wildman–Crippen MR) is 76.3 cm³/mol. The summed E-state index contributed by atoms with van der Waals surface area (Å²) in [5.41, 5.74) is 0. The number of nitrogens with zero attached hydrogens (tertiary/aromatic N) is 1. The smallest absolute Gasteiger partial charge is 0.541 e. The molecule has 0 N–H and O–H groups in total. The molecular weight excluding hydrogens is 252 g/mol. The van der Waals surface area contributed by atoms with E-state index < -0.39 is 25.2 Å². The van der Waals surface area contributed by atoms with Crippen LogP contribution in [0, 0.1) is 0 Å². The molecule has 0 rings (SSSR count). The second-order valence-electron chi connectivity index (χ2n) is 4.94. The van der Waals surface area contributed by atoms with Crippen molar-refractivity contribution in [3.8, 4) is 0 Å². The van der Waals surface area contributed by atoms with Crippen LogP contribution in [0.2, 0.25) is 0 Å². The lowest BCUT2D eigenvalue weighted by Gasteiger charge is -2.25. The van der Waals surface area contributed by atoms with E-state index in [1.807, 2.05) is 0 Å². The third kappa shape index (κ3) is 31.5. The molecule has 0 aliphatic heterocycles. The van der Waals surface area contributed by atoms with Gasteiger partial charge in [-0.05, 0) is 0 Å². The summed E-state index contributed by atoms with van der Waals surface area (Å²) < 4.78 is 14.3. The fourth-order valence-corrected chi connectivity index (χ4v) is 0.586. The van der Waals surface area contributed by atoms with Crippen molar-refractivity contribution < 1.29 is 32.8 Å². The summed E-state index contributed by atoms with van der Waals surface area (Å²) in [6.45, 7) is 3.35. The Labute approximate surface area is 116 Å². The summed E-state index contributed by atoms with van der Waals surface area (Å²) in [6.07, 6.45) is 0. The van der Waals surface area contributed by atoms with E-state index in [-0.39, 0.29) is 8.41 Å². The van der Waals surface area contributed by atoms with Crippen LogP contribution in [0.5, 0.6) is 0 Å². The van der Waals surface area contributed by atoms with Crippen LogP contribution in [0.1, 0.15) is 20.8 Å². The van der Waals surface area contributed by atoms with Gasteiger partial charge in [-0.3, -0.25) is 14.4 Å². The molecule has 0 heterocycles. The quantitative estimate of drug-likeness (QED) is 0.463. The van der Waals surface area contributed by atoms with E-state index in [2.05, 4.69) is 42.2 Å². The summed E-state index contributed by atoms with van der Waals surface area (Å²) >= 11 is 0. The van der Waals surface area contributed by atoms with E-state index in [0.29, 0.717) is 0 Å². The van der Waals surface area contributed by atoms with E-state index in [1.54, 1.807) is 0 Å². The zero-order valence-corrected chi connectivity index (χ0v) is 12.1. The average Bonchev–Trinajstić information content (AvgIpc) is 1.94. The highest BCUT2D eigenvalue weighted by molar-refractivity contribution is 6.43. The van der Waals surface area contributed by atoms with Gasteiger partial charge in [-0.25, -0.2) is 0 Å². The van der Waals surface area contributed by atoms with Crippen LogP contribution >= 0.6 is 0 Å². The largest absolute Gasteiger partial charge is 0.625 e. The van der Waals surface area contributed by atoms with Crippen LogP contribution in [0.25, 0.3) is 0 Å². The first-order valence-electron chi connectivity index (χ1n) is 5.38. The molecule has 0 aromatic carbocycles. The number of rotatable bonds is 3. The Morgan fingerprint density at radius 1 is 0.737 bits per heavy atom. The third-order valence-corrected chi connectivity index (χ3v) is 0.963. The van der Waals surface area contributed by atoms with Crippen molar-refractivity contribution >= 4 is 33.6 Å².